The largest absolute Gasteiger partial charge is 0.416 e. The molecule has 0 spiro atoms. The van der Waals surface area contributed by atoms with Gasteiger partial charge in [0.15, 0.2) is 5.96 Å². The van der Waals surface area contributed by atoms with E-state index in [0.717, 1.165) is 29.0 Å². The number of aliphatic imine (C=N–C) groups is 1. The third-order valence-corrected chi connectivity index (χ3v) is 3.89. The van der Waals surface area contributed by atoms with Crippen LogP contribution in [0.4, 0.5) is 24.5 Å². The number of hydrogen-bond donors (Lipinski definition) is 2. The lowest BCUT2D eigenvalue weighted by Gasteiger charge is -2.12. The maximum atomic E-state index is 12.8. The van der Waals surface area contributed by atoms with Gasteiger partial charge >= 0.3 is 6.18 Å². The Balaban J connectivity index is 0.00000243. The number of nitrogens with zero attached hydrogens (tertiary/aromatic N) is 1. The molecule has 0 atom stereocenters. The average molecular weight is 400 g/mol. The number of hydrogen-bond acceptors (Lipinski definition) is 1. The first-order valence-electron chi connectivity index (χ1n) is 7.30. The summed E-state index contributed by atoms with van der Waals surface area (Å²) in [7, 11) is 0. The van der Waals surface area contributed by atoms with Crippen LogP contribution in [0.1, 0.15) is 5.56 Å². The minimum Gasteiger partial charge on any atom is -0.369 e. The molecule has 0 bridgehead atoms. The fourth-order valence-corrected chi connectivity index (χ4v) is 2.56. The van der Waals surface area contributed by atoms with Crippen molar-refractivity contribution in [2.75, 3.05) is 5.32 Å². The maximum Gasteiger partial charge on any atom is 0.416 e. The summed E-state index contributed by atoms with van der Waals surface area (Å²) in [6.07, 6.45) is -4.47. The Hall–Kier alpha value is -2.44. The van der Waals surface area contributed by atoms with Gasteiger partial charge in [-0.2, -0.15) is 13.2 Å². The number of guanidine groups is 1. The second-order valence-corrected chi connectivity index (χ2v) is 5.72. The highest BCUT2D eigenvalue weighted by Crippen LogP contribution is 2.34. The lowest BCUT2D eigenvalue weighted by molar-refractivity contribution is -0.137. The highest BCUT2D eigenvalue weighted by atomic mass is 35.5. The molecule has 0 aliphatic heterocycles. The van der Waals surface area contributed by atoms with Gasteiger partial charge in [-0.15, -0.1) is 12.4 Å². The van der Waals surface area contributed by atoms with Gasteiger partial charge in [0, 0.05) is 5.39 Å². The summed E-state index contributed by atoms with van der Waals surface area (Å²) in [4.78, 5) is 4.26. The average Bonchev–Trinajstić information content (AvgIpc) is 2.56. The van der Waals surface area contributed by atoms with Gasteiger partial charge in [0.2, 0.25) is 0 Å². The van der Waals surface area contributed by atoms with Crippen molar-refractivity contribution in [1.82, 2.24) is 0 Å². The SMILES string of the molecule is Cl.NC(=Nc1cccc2ccccc12)Nc1cc(C(F)(F)F)ccc1Cl. The van der Waals surface area contributed by atoms with Gasteiger partial charge in [-0.3, -0.25) is 0 Å². The Morgan fingerprint density at radius 3 is 2.42 bits per heavy atom. The highest BCUT2D eigenvalue weighted by molar-refractivity contribution is 6.33. The van der Waals surface area contributed by atoms with Crippen LogP contribution in [-0.4, -0.2) is 5.96 Å². The van der Waals surface area contributed by atoms with Crippen molar-refractivity contribution >= 4 is 52.1 Å². The lowest BCUT2D eigenvalue weighted by atomic mass is 10.1. The van der Waals surface area contributed by atoms with E-state index in [1.807, 2.05) is 36.4 Å². The van der Waals surface area contributed by atoms with Gasteiger partial charge in [0.05, 0.1) is 22.0 Å². The van der Waals surface area contributed by atoms with Crippen LogP contribution in [0, 0.1) is 0 Å². The molecule has 3 rings (SSSR count). The Kier molecular flexibility index (Phi) is 6.00. The topological polar surface area (TPSA) is 50.4 Å². The Morgan fingerprint density at radius 1 is 1.00 bits per heavy atom. The molecule has 0 amide bonds. The molecule has 0 saturated carbocycles. The first kappa shape index (κ1) is 19.9. The second-order valence-electron chi connectivity index (χ2n) is 5.31. The number of anilines is 1. The molecule has 0 unspecified atom stereocenters. The van der Waals surface area contributed by atoms with E-state index in [0.29, 0.717) is 5.69 Å². The lowest BCUT2D eigenvalue weighted by Crippen LogP contribution is -2.22. The molecular formula is C18H14Cl2F3N3. The Bertz CT molecular complexity index is 951. The summed E-state index contributed by atoms with van der Waals surface area (Å²) < 4.78 is 38.5. The number of rotatable bonds is 2. The van der Waals surface area contributed by atoms with Crippen molar-refractivity contribution < 1.29 is 13.2 Å². The second kappa shape index (κ2) is 7.85. The van der Waals surface area contributed by atoms with Crippen LogP contribution in [0.2, 0.25) is 5.02 Å². The number of nitrogens with one attached hydrogen (secondary N) is 1. The molecule has 0 saturated heterocycles. The molecule has 3 aromatic rings. The van der Waals surface area contributed by atoms with Crippen LogP contribution in [0.25, 0.3) is 10.8 Å². The first-order valence-corrected chi connectivity index (χ1v) is 7.68. The van der Waals surface area contributed by atoms with Crippen LogP contribution in [0.3, 0.4) is 0 Å². The summed E-state index contributed by atoms with van der Waals surface area (Å²) in [5.74, 6) is -0.0578. The number of nitrogens with two attached hydrogens (primary N) is 1. The molecule has 136 valence electrons. The zero-order chi connectivity index (χ0) is 18.0. The zero-order valence-electron chi connectivity index (χ0n) is 13.2. The fraction of sp³-hybridized carbons (Fsp3) is 0.0556. The highest BCUT2D eigenvalue weighted by Gasteiger charge is 2.31. The molecule has 8 heteroatoms. The van der Waals surface area contributed by atoms with Gasteiger partial charge in [-0.25, -0.2) is 4.99 Å². The van der Waals surface area contributed by atoms with E-state index in [-0.39, 0.29) is 29.1 Å². The molecule has 0 aliphatic rings. The number of halogens is 5. The van der Waals surface area contributed by atoms with E-state index >= 15 is 0 Å². The minimum atomic E-state index is -4.47. The monoisotopic (exact) mass is 399 g/mol. The third kappa shape index (κ3) is 4.39. The summed E-state index contributed by atoms with van der Waals surface area (Å²) in [6.45, 7) is 0. The predicted molar refractivity (Wildman–Crippen MR) is 103 cm³/mol. The van der Waals surface area contributed by atoms with Gasteiger partial charge in [-0.05, 0) is 29.7 Å². The fourth-order valence-electron chi connectivity index (χ4n) is 2.40. The Morgan fingerprint density at radius 2 is 1.69 bits per heavy atom. The van der Waals surface area contributed by atoms with Gasteiger partial charge in [-0.1, -0.05) is 48.0 Å². The summed E-state index contributed by atoms with van der Waals surface area (Å²) >= 11 is 5.95. The Labute approximate surface area is 159 Å². The smallest absolute Gasteiger partial charge is 0.369 e. The molecule has 3 aromatic carbocycles. The molecule has 0 heterocycles. The predicted octanol–water partition coefficient (Wildman–Crippen LogP) is 5.99. The number of benzene rings is 3. The molecule has 0 aliphatic carbocycles. The molecule has 0 aromatic heterocycles. The van der Waals surface area contributed by atoms with Crippen molar-refractivity contribution in [3.8, 4) is 0 Å². The quantitative estimate of drug-likeness (QED) is 0.410. The molecule has 3 nitrogen and oxygen atoms in total. The van der Waals surface area contributed by atoms with Crippen LogP contribution in [-0.2, 0) is 6.18 Å². The molecular weight excluding hydrogens is 386 g/mol. The van der Waals surface area contributed by atoms with Gasteiger partial charge < -0.3 is 11.1 Å². The van der Waals surface area contributed by atoms with E-state index in [4.69, 9.17) is 17.3 Å². The molecule has 0 fully saturated rings. The van der Waals surface area contributed by atoms with Crippen molar-refractivity contribution in [3.63, 3.8) is 0 Å². The summed E-state index contributed by atoms with van der Waals surface area (Å²) in [5.41, 5.74) is 5.68. The third-order valence-electron chi connectivity index (χ3n) is 3.56. The van der Waals surface area contributed by atoms with Crippen molar-refractivity contribution in [2.24, 2.45) is 10.7 Å². The normalized spacial score (nSPS) is 11.9. The van der Waals surface area contributed by atoms with E-state index in [9.17, 15) is 13.2 Å². The van der Waals surface area contributed by atoms with Crippen LogP contribution < -0.4 is 11.1 Å². The van der Waals surface area contributed by atoms with Crippen LogP contribution in [0.15, 0.2) is 65.7 Å². The van der Waals surface area contributed by atoms with E-state index < -0.39 is 11.7 Å². The molecule has 3 N–H and O–H groups in total. The van der Waals surface area contributed by atoms with E-state index in [1.54, 1.807) is 6.07 Å². The number of alkyl halides is 3. The van der Waals surface area contributed by atoms with Crippen molar-refractivity contribution in [3.05, 3.63) is 71.2 Å². The molecule has 26 heavy (non-hydrogen) atoms. The first-order chi connectivity index (χ1) is 11.8. The minimum absolute atomic E-state index is 0. The van der Waals surface area contributed by atoms with E-state index in [1.165, 1.54) is 0 Å². The van der Waals surface area contributed by atoms with Gasteiger partial charge in [0.1, 0.15) is 0 Å². The van der Waals surface area contributed by atoms with Crippen LogP contribution in [0.5, 0.6) is 0 Å². The maximum absolute atomic E-state index is 12.8. The van der Waals surface area contributed by atoms with Crippen molar-refractivity contribution in [2.45, 2.75) is 6.18 Å². The van der Waals surface area contributed by atoms with Crippen molar-refractivity contribution in [1.29, 1.82) is 0 Å². The van der Waals surface area contributed by atoms with E-state index in [2.05, 4.69) is 10.3 Å². The summed E-state index contributed by atoms with van der Waals surface area (Å²) in [6, 6.07) is 16.1. The van der Waals surface area contributed by atoms with Crippen LogP contribution >= 0.6 is 24.0 Å². The molecule has 0 radical (unpaired) electrons. The summed E-state index contributed by atoms with van der Waals surface area (Å²) in [5, 5.41) is 4.61. The zero-order valence-corrected chi connectivity index (χ0v) is 14.8. The standard InChI is InChI=1S/C18H13ClF3N3.ClH/c19-14-9-8-12(18(20,21)22)10-16(14)25-17(23)24-15-7-3-5-11-4-1-2-6-13(11)15;/h1-10H,(H3,23,24,25);1H. The van der Waals surface area contributed by atoms with Gasteiger partial charge in [0.25, 0.3) is 0 Å². The number of fused-ring (bicyclic) bond motifs is 1.